The fourth-order valence-electron chi connectivity index (χ4n) is 3.98. The molecule has 1 aliphatic carbocycles. The van der Waals surface area contributed by atoms with Crippen LogP contribution in [0.1, 0.15) is 31.4 Å². The first kappa shape index (κ1) is 20.0. The van der Waals surface area contributed by atoms with E-state index in [2.05, 4.69) is 14.8 Å². The van der Waals surface area contributed by atoms with Gasteiger partial charge in [-0.25, -0.2) is 4.98 Å². The summed E-state index contributed by atoms with van der Waals surface area (Å²) in [5.74, 6) is 1.07. The van der Waals surface area contributed by atoms with Gasteiger partial charge < -0.3 is 19.4 Å². The molecule has 0 spiro atoms. The topological polar surface area (TPSA) is 91.9 Å². The molecule has 0 amide bonds. The van der Waals surface area contributed by atoms with Gasteiger partial charge in [0.2, 0.25) is 11.8 Å². The van der Waals surface area contributed by atoms with Gasteiger partial charge >= 0.3 is 0 Å². The molecule has 1 N–H and O–H groups in total. The summed E-state index contributed by atoms with van der Waals surface area (Å²) in [7, 11) is 3.68. The van der Waals surface area contributed by atoms with Gasteiger partial charge in [0.1, 0.15) is 16.6 Å². The lowest BCUT2D eigenvalue weighted by atomic mass is 9.95. The van der Waals surface area contributed by atoms with E-state index in [0.717, 1.165) is 53.1 Å². The molecule has 1 saturated carbocycles. The van der Waals surface area contributed by atoms with Crippen LogP contribution < -0.4 is 10.1 Å². The highest BCUT2D eigenvalue weighted by Gasteiger charge is 2.25. The Kier molecular flexibility index (Phi) is 5.33. The second-order valence-electron chi connectivity index (χ2n) is 7.85. The molecule has 0 saturated heterocycles. The first-order chi connectivity index (χ1) is 15.1. The number of nitrogens with zero attached hydrogens (tertiary/aromatic N) is 6. The molecule has 0 aliphatic heterocycles. The van der Waals surface area contributed by atoms with Crippen LogP contribution in [0.2, 0.25) is 0 Å². The molecular formula is C21H25N7O2S. The van der Waals surface area contributed by atoms with Crippen molar-refractivity contribution in [2.24, 2.45) is 7.05 Å². The van der Waals surface area contributed by atoms with Crippen LogP contribution in [-0.2, 0) is 11.8 Å². The summed E-state index contributed by atoms with van der Waals surface area (Å²) in [6, 6.07) is 3.95. The van der Waals surface area contributed by atoms with Crippen LogP contribution in [0.5, 0.6) is 5.88 Å². The summed E-state index contributed by atoms with van der Waals surface area (Å²) in [6.07, 6.45) is 10.0. The van der Waals surface area contributed by atoms with Crippen LogP contribution in [0.25, 0.3) is 16.7 Å². The van der Waals surface area contributed by atoms with E-state index in [-0.39, 0.29) is 6.10 Å². The average molecular weight is 440 g/mol. The van der Waals surface area contributed by atoms with Gasteiger partial charge in [0.25, 0.3) is 0 Å². The van der Waals surface area contributed by atoms with Crippen molar-refractivity contribution in [1.29, 1.82) is 0 Å². The predicted molar refractivity (Wildman–Crippen MR) is 119 cm³/mol. The standard InChI is InChI=1S/C21H25N7O2S/c1-13-10-18(31-26-13)24-21-23-17-8-9-28(14-11-22-27(2)12-14)19(17)20(25-21)30-16-6-4-15(29-3)5-7-16/h8-12,15-16H,4-7H2,1-3H3,(H,23,24,25). The highest BCUT2D eigenvalue weighted by Crippen LogP contribution is 2.32. The Labute approximate surface area is 184 Å². The van der Waals surface area contributed by atoms with Gasteiger partial charge in [-0.3, -0.25) is 4.68 Å². The molecule has 4 aromatic heterocycles. The monoisotopic (exact) mass is 439 g/mol. The normalized spacial score (nSPS) is 19.1. The molecular weight excluding hydrogens is 414 g/mol. The van der Waals surface area contributed by atoms with Gasteiger partial charge in [0, 0.05) is 26.6 Å². The van der Waals surface area contributed by atoms with E-state index in [1.54, 1.807) is 11.8 Å². The Bertz CT molecular complexity index is 1190. The third-order valence-electron chi connectivity index (χ3n) is 5.57. The minimum Gasteiger partial charge on any atom is -0.473 e. The van der Waals surface area contributed by atoms with Gasteiger partial charge in [-0.05, 0) is 56.3 Å². The molecule has 0 aromatic carbocycles. The largest absolute Gasteiger partial charge is 0.473 e. The fraction of sp³-hybridized carbons (Fsp3) is 0.429. The maximum absolute atomic E-state index is 6.47. The number of methoxy groups -OCH3 is 1. The lowest BCUT2D eigenvalue weighted by Gasteiger charge is -2.28. The van der Waals surface area contributed by atoms with Crippen LogP contribution in [0.15, 0.2) is 30.7 Å². The van der Waals surface area contributed by atoms with E-state index in [1.807, 2.05) is 49.3 Å². The highest BCUT2D eigenvalue weighted by atomic mass is 32.1. The summed E-state index contributed by atoms with van der Waals surface area (Å²) >= 11 is 1.39. The van der Waals surface area contributed by atoms with E-state index in [4.69, 9.17) is 19.4 Å². The average Bonchev–Trinajstić information content (AvgIpc) is 3.48. The number of hydrogen-bond donors (Lipinski definition) is 1. The number of fused-ring (bicyclic) bond motifs is 1. The number of nitrogens with one attached hydrogen (secondary N) is 1. The molecule has 1 aliphatic rings. The van der Waals surface area contributed by atoms with Crippen LogP contribution in [0, 0.1) is 6.92 Å². The lowest BCUT2D eigenvalue weighted by Crippen LogP contribution is -2.28. The van der Waals surface area contributed by atoms with Crippen LogP contribution in [-0.4, -0.2) is 48.0 Å². The van der Waals surface area contributed by atoms with Crippen molar-refractivity contribution in [1.82, 2.24) is 28.7 Å². The Morgan fingerprint density at radius 1 is 1.16 bits per heavy atom. The first-order valence-corrected chi connectivity index (χ1v) is 11.1. The summed E-state index contributed by atoms with van der Waals surface area (Å²) in [6.45, 7) is 1.96. The zero-order valence-corrected chi connectivity index (χ0v) is 18.6. The number of ether oxygens (including phenoxy) is 2. The maximum atomic E-state index is 6.47. The number of aromatic nitrogens is 6. The van der Waals surface area contributed by atoms with E-state index in [0.29, 0.717) is 17.9 Å². The van der Waals surface area contributed by atoms with Gasteiger partial charge in [-0.15, -0.1) is 0 Å². The molecule has 9 nitrogen and oxygen atoms in total. The zero-order valence-electron chi connectivity index (χ0n) is 17.8. The number of rotatable bonds is 6. The number of aryl methyl sites for hydroxylation is 2. The molecule has 162 valence electrons. The van der Waals surface area contributed by atoms with Crippen molar-refractivity contribution in [3.8, 4) is 11.6 Å². The predicted octanol–water partition coefficient (Wildman–Crippen LogP) is 4.00. The Hall–Kier alpha value is -2.98. The van der Waals surface area contributed by atoms with Crippen LogP contribution >= 0.6 is 11.5 Å². The zero-order chi connectivity index (χ0) is 21.4. The first-order valence-electron chi connectivity index (χ1n) is 10.4. The fourth-order valence-corrected chi connectivity index (χ4v) is 4.63. The molecule has 10 heteroatoms. The molecule has 31 heavy (non-hydrogen) atoms. The molecule has 1 fully saturated rings. The molecule has 0 radical (unpaired) electrons. The lowest BCUT2D eigenvalue weighted by molar-refractivity contribution is 0.0319. The summed E-state index contributed by atoms with van der Waals surface area (Å²) in [5, 5.41) is 8.47. The van der Waals surface area contributed by atoms with Gasteiger partial charge in [0.05, 0.1) is 29.2 Å². The summed E-state index contributed by atoms with van der Waals surface area (Å²) < 4.78 is 20.1. The van der Waals surface area contributed by atoms with E-state index < -0.39 is 0 Å². The number of hydrogen-bond acceptors (Lipinski definition) is 8. The van der Waals surface area contributed by atoms with Crippen molar-refractivity contribution >= 4 is 33.5 Å². The minimum atomic E-state index is 0.0975. The number of anilines is 2. The maximum Gasteiger partial charge on any atom is 0.244 e. The van der Waals surface area contributed by atoms with Crippen molar-refractivity contribution in [3.63, 3.8) is 0 Å². The molecule has 4 aromatic rings. The highest BCUT2D eigenvalue weighted by molar-refractivity contribution is 7.10. The van der Waals surface area contributed by atoms with Gasteiger partial charge in [-0.2, -0.15) is 14.5 Å². The molecule has 4 heterocycles. The summed E-state index contributed by atoms with van der Waals surface area (Å²) in [4.78, 5) is 9.48. The van der Waals surface area contributed by atoms with Crippen molar-refractivity contribution in [3.05, 3.63) is 36.4 Å². The third kappa shape index (κ3) is 4.13. The molecule has 5 rings (SSSR count). The van der Waals surface area contributed by atoms with Crippen molar-refractivity contribution in [2.45, 2.75) is 44.8 Å². The van der Waals surface area contributed by atoms with E-state index in [9.17, 15) is 0 Å². The quantitative estimate of drug-likeness (QED) is 0.485. The van der Waals surface area contributed by atoms with Gasteiger partial charge in [-0.1, -0.05) is 0 Å². The van der Waals surface area contributed by atoms with Crippen molar-refractivity contribution in [2.75, 3.05) is 12.4 Å². The minimum absolute atomic E-state index is 0.0975. The van der Waals surface area contributed by atoms with Crippen LogP contribution in [0.4, 0.5) is 10.9 Å². The van der Waals surface area contributed by atoms with Crippen molar-refractivity contribution < 1.29 is 9.47 Å². The Morgan fingerprint density at radius 3 is 2.65 bits per heavy atom. The van der Waals surface area contributed by atoms with E-state index in [1.165, 1.54) is 11.5 Å². The molecule has 0 atom stereocenters. The Balaban J connectivity index is 1.52. The Morgan fingerprint density at radius 2 is 1.97 bits per heavy atom. The third-order valence-corrected chi connectivity index (χ3v) is 6.36. The SMILES string of the molecule is COC1CCC(Oc2nc(Nc3cc(C)ns3)nc3ccn(-c4cnn(C)c4)c23)CC1. The van der Waals surface area contributed by atoms with Gasteiger partial charge in [0.15, 0.2) is 0 Å². The smallest absolute Gasteiger partial charge is 0.244 e. The molecule has 0 unspecified atom stereocenters. The second kappa shape index (κ2) is 8.27. The van der Waals surface area contributed by atoms with Crippen LogP contribution in [0.3, 0.4) is 0 Å². The summed E-state index contributed by atoms with van der Waals surface area (Å²) in [5.41, 5.74) is 3.55. The van der Waals surface area contributed by atoms with E-state index >= 15 is 0 Å². The molecule has 0 bridgehead atoms. The second-order valence-corrected chi connectivity index (χ2v) is 8.66.